The standard InChI is InChI=1S/C50H30N4O2/c1-4-12-32(13-5-1)47-52-48(33-14-6-2-7-15-33)54-49(53-47)34-22-20-31(21-23-34)37-25-26-38(40-19-11-10-18-39(37)40)36-24-28-43-41(30-36)45-44(55-43)29-27-42-46(45)56-50(51-42)35-16-8-3-9-17-35/h1-30H. The van der Waals surface area contributed by atoms with Gasteiger partial charge in [-0.1, -0.05) is 146 Å². The topological polar surface area (TPSA) is 77.8 Å². The van der Waals surface area contributed by atoms with Crippen molar-refractivity contribution in [1.29, 1.82) is 0 Å². The Labute approximate surface area is 321 Å². The highest BCUT2D eigenvalue weighted by Crippen LogP contribution is 2.41. The molecule has 6 heteroatoms. The van der Waals surface area contributed by atoms with E-state index >= 15 is 0 Å². The molecule has 6 nitrogen and oxygen atoms in total. The Kier molecular flexibility index (Phi) is 7.38. The Morgan fingerprint density at radius 1 is 0.321 bits per heavy atom. The van der Waals surface area contributed by atoms with Crippen molar-refractivity contribution in [2.75, 3.05) is 0 Å². The van der Waals surface area contributed by atoms with E-state index in [0.29, 0.717) is 23.4 Å². The maximum absolute atomic E-state index is 6.42. The molecule has 0 saturated heterocycles. The van der Waals surface area contributed by atoms with Crippen LogP contribution in [0.1, 0.15) is 0 Å². The number of rotatable bonds is 6. The van der Waals surface area contributed by atoms with Crippen LogP contribution in [0.15, 0.2) is 191 Å². The molecular formula is C50H30N4O2. The molecule has 0 aliphatic heterocycles. The predicted octanol–water partition coefficient (Wildman–Crippen LogP) is 13.1. The summed E-state index contributed by atoms with van der Waals surface area (Å²) in [4.78, 5) is 19.5. The average Bonchev–Trinajstić information content (AvgIpc) is 3.88. The van der Waals surface area contributed by atoms with Crippen LogP contribution in [0.5, 0.6) is 0 Å². The lowest BCUT2D eigenvalue weighted by Gasteiger charge is -2.13. The second kappa shape index (κ2) is 13.0. The molecule has 3 heterocycles. The van der Waals surface area contributed by atoms with E-state index in [-0.39, 0.29) is 0 Å². The van der Waals surface area contributed by atoms with Crippen molar-refractivity contribution >= 4 is 43.8 Å². The lowest BCUT2D eigenvalue weighted by atomic mass is 9.91. The molecule has 0 radical (unpaired) electrons. The van der Waals surface area contributed by atoms with Crippen LogP contribution in [0.4, 0.5) is 0 Å². The zero-order chi connectivity index (χ0) is 37.0. The van der Waals surface area contributed by atoms with Gasteiger partial charge < -0.3 is 8.83 Å². The largest absolute Gasteiger partial charge is 0.456 e. The molecule has 11 aromatic rings. The Morgan fingerprint density at radius 2 is 0.804 bits per heavy atom. The van der Waals surface area contributed by atoms with Crippen molar-refractivity contribution in [3.63, 3.8) is 0 Å². The third kappa shape index (κ3) is 5.43. The van der Waals surface area contributed by atoms with Crippen LogP contribution in [-0.2, 0) is 0 Å². The zero-order valence-electron chi connectivity index (χ0n) is 29.9. The average molecular weight is 719 g/mol. The number of oxazole rings is 1. The maximum atomic E-state index is 6.42. The molecule has 56 heavy (non-hydrogen) atoms. The van der Waals surface area contributed by atoms with E-state index in [2.05, 4.69) is 78.9 Å². The maximum Gasteiger partial charge on any atom is 0.227 e. The molecule has 0 unspecified atom stereocenters. The molecule has 0 aliphatic rings. The van der Waals surface area contributed by atoms with E-state index < -0.39 is 0 Å². The molecule has 0 amide bonds. The van der Waals surface area contributed by atoms with Crippen LogP contribution in [0, 0.1) is 0 Å². The van der Waals surface area contributed by atoms with E-state index in [1.54, 1.807) is 0 Å². The zero-order valence-corrected chi connectivity index (χ0v) is 29.9. The highest BCUT2D eigenvalue weighted by Gasteiger charge is 2.19. The highest BCUT2D eigenvalue weighted by molar-refractivity contribution is 6.17. The molecular weight excluding hydrogens is 689 g/mol. The van der Waals surface area contributed by atoms with Gasteiger partial charge in [0.05, 0.1) is 5.39 Å². The number of aromatic nitrogens is 4. The fraction of sp³-hybridized carbons (Fsp3) is 0. The van der Waals surface area contributed by atoms with Gasteiger partial charge in [-0.05, 0) is 69.4 Å². The quantitative estimate of drug-likeness (QED) is 0.170. The van der Waals surface area contributed by atoms with Gasteiger partial charge in [-0.3, -0.25) is 0 Å². The Hall–Kier alpha value is -7.70. The minimum atomic E-state index is 0.593. The van der Waals surface area contributed by atoms with E-state index in [0.717, 1.165) is 88.3 Å². The molecule has 0 spiro atoms. The van der Waals surface area contributed by atoms with Gasteiger partial charge in [0.1, 0.15) is 16.7 Å². The monoisotopic (exact) mass is 718 g/mol. The van der Waals surface area contributed by atoms with Crippen LogP contribution in [0.3, 0.4) is 0 Å². The van der Waals surface area contributed by atoms with Crippen molar-refractivity contribution < 1.29 is 8.83 Å². The van der Waals surface area contributed by atoms with Gasteiger partial charge in [-0.15, -0.1) is 0 Å². The summed E-state index contributed by atoms with van der Waals surface area (Å²) in [6.45, 7) is 0. The number of hydrogen-bond donors (Lipinski definition) is 0. The molecule has 0 aliphatic carbocycles. The highest BCUT2D eigenvalue weighted by atomic mass is 16.4. The first kappa shape index (κ1) is 31.8. The smallest absolute Gasteiger partial charge is 0.227 e. The minimum absolute atomic E-state index is 0.593. The summed E-state index contributed by atoms with van der Waals surface area (Å²) < 4.78 is 12.8. The third-order valence-corrected chi connectivity index (χ3v) is 10.4. The summed E-state index contributed by atoms with van der Waals surface area (Å²) in [6.07, 6.45) is 0. The number of nitrogens with zero attached hydrogens (tertiary/aromatic N) is 4. The summed E-state index contributed by atoms with van der Waals surface area (Å²) >= 11 is 0. The fourth-order valence-electron chi connectivity index (χ4n) is 7.66. The van der Waals surface area contributed by atoms with Gasteiger partial charge in [-0.25, -0.2) is 19.9 Å². The Bertz CT molecular complexity index is 3170. The lowest BCUT2D eigenvalue weighted by molar-refractivity contribution is 0.622. The van der Waals surface area contributed by atoms with Crippen LogP contribution >= 0.6 is 0 Å². The SMILES string of the molecule is c1ccc(-c2nc(-c3ccccc3)nc(-c3ccc(-c4ccc(-c5ccc6oc7ccc8nc(-c9ccccc9)oc8c7c6c5)c5ccccc45)cc3)n2)cc1. The van der Waals surface area contributed by atoms with Crippen molar-refractivity contribution in [1.82, 2.24) is 19.9 Å². The summed E-state index contributed by atoms with van der Waals surface area (Å²) in [5, 5.41) is 4.25. The molecule has 3 aromatic heterocycles. The van der Waals surface area contributed by atoms with Crippen molar-refractivity contribution in [3.8, 4) is 67.9 Å². The lowest BCUT2D eigenvalue weighted by Crippen LogP contribution is -2.00. The van der Waals surface area contributed by atoms with Crippen molar-refractivity contribution in [2.24, 2.45) is 0 Å². The summed E-state index contributed by atoms with van der Waals surface area (Å²) in [7, 11) is 0. The predicted molar refractivity (Wildman–Crippen MR) is 225 cm³/mol. The van der Waals surface area contributed by atoms with Crippen LogP contribution < -0.4 is 0 Å². The van der Waals surface area contributed by atoms with Gasteiger partial charge >= 0.3 is 0 Å². The van der Waals surface area contributed by atoms with E-state index in [1.165, 1.54) is 0 Å². The molecule has 0 atom stereocenters. The second-order valence-corrected chi connectivity index (χ2v) is 13.8. The molecule has 8 aromatic carbocycles. The Morgan fingerprint density at radius 3 is 1.41 bits per heavy atom. The minimum Gasteiger partial charge on any atom is -0.456 e. The van der Waals surface area contributed by atoms with Gasteiger partial charge in [-0.2, -0.15) is 0 Å². The normalized spacial score (nSPS) is 11.6. The van der Waals surface area contributed by atoms with Gasteiger partial charge in [0.15, 0.2) is 23.1 Å². The van der Waals surface area contributed by atoms with Crippen LogP contribution in [0.25, 0.3) is 112 Å². The van der Waals surface area contributed by atoms with Crippen molar-refractivity contribution in [3.05, 3.63) is 182 Å². The molecule has 11 rings (SSSR count). The van der Waals surface area contributed by atoms with Crippen LogP contribution in [0.2, 0.25) is 0 Å². The van der Waals surface area contributed by atoms with Gasteiger partial charge in [0, 0.05) is 27.6 Å². The summed E-state index contributed by atoms with van der Waals surface area (Å²) in [5.74, 6) is 2.51. The number of furan rings is 1. The molecule has 0 N–H and O–H groups in total. The number of fused-ring (bicyclic) bond motifs is 6. The van der Waals surface area contributed by atoms with Gasteiger partial charge in [0.25, 0.3) is 0 Å². The summed E-state index contributed by atoms with van der Waals surface area (Å²) in [6, 6.07) is 62.0. The van der Waals surface area contributed by atoms with E-state index in [4.69, 9.17) is 28.8 Å². The fourth-order valence-corrected chi connectivity index (χ4v) is 7.66. The third-order valence-electron chi connectivity index (χ3n) is 10.4. The first-order chi connectivity index (χ1) is 27.7. The molecule has 0 bridgehead atoms. The van der Waals surface area contributed by atoms with E-state index in [1.807, 2.05) is 103 Å². The number of benzene rings is 8. The van der Waals surface area contributed by atoms with Crippen LogP contribution in [-0.4, -0.2) is 19.9 Å². The Balaban J connectivity index is 0.986. The van der Waals surface area contributed by atoms with Gasteiger partial charge in [0.2, 0.25) is 5.89 Å². The molecule has 262 valence electrons. The first-order valence-electron chi connectivity index (χ1n) is 18.5. The molecule has 0 saturated carbocycles. The van der Waals surface area contributed by atoms with E-state index in [9.17, 15) is 0 Å². The second-order valence-electron chi connectivity index (χ2n) is 13.8. The number of hydrogen-bond acceptors (Lipinski definition) is 6. The van der Waals surface area contributed by atoms with Crippen molar-refractivity contribution in [2.45, 2.75) is 0 Å². The molecule has 0 fully saturated rings. The summed E-state index contributed by atoms with van der Waals surface area (Å²) in [5.41, 5.74) is 11.3. The first-order valence-corrected chi connectivity index (χ1v) is 18.5.